The van der Waals surface area contributed by atoms with Crippen LogP contribution in [-0.4, -0.2) is 42.3 Å². The lowest BCUT2D eigenvalue weighted by Crippen LogP contribution is -2.20. The van der Waals surface area contributed by atoms with Crippen molar-refractivity contribution in [1.82, 2.24) is 34.4 Å². The summed E-state index contributed by atoms with van der Waals surface area (Å²) in [6.45, 7) is 3.34. The molecule has 0 aliphatic rings. The monoisotopic (exact) mass is 441 g/mol. The summed E-state index contributed by atoms with van der Waals surface area (Å²) in [5, 5.41) is 5.04. The molecule has 158 valence electrons. The van der Waals surface area contributed by atoms with Crippen LogP contribution in [0.4, 0.5) is 0 Å². The highest BCUT2D eigenvalue weighted by Crippen LogP contribution is 2.30. The number of aromatic nitrogens is 6. The second-order valence-electron chi connectivity index (χ2n) is 7.82. The van der Waals surface area contributed by atoms with Crippen LogP contribution in [0.1, 0.15) is 17.1 Å². The van der Waals surface area contributed by atoms with E-state index in [1.54, 1.807) is 10.8 Å². The third-order valence-electron chi connectivity index (χ3n) is 5.26. The third-order valence-corrected chi connectivity index (χ3v) is 5.63. The topological polar surface area (TPSA) is 75.0 Å². The van der Waals surface area contributed by atoms with Crippen molar-refractivity contribution < 1.29 is 0 Å². The number of nitrogens with one attached hydrogen (secondary N) is 1. The van der Waals surface area contributed by atoms with Gasteiger partial charge in [-0.3, -0.25) is 4.98 Å². The van der Waals surface area contributed by atoms with E-state index in [1.165, 1.54) is 0 Å². The Balaban J connectivity index is 1.51. The van der Waals surface area contributed by atoms with Gasteiger partial charge in [0.2, 0.25) is 0 Å². The zero-order valence-electron chi connectivity index (χ0n) is 17.8. The van der Waals surface area contributed by atoms with E-state index in [0.717, 1.165) is 56.9 Å². The quantitative estimate of drug-likeness (QED) is 0.407. The first-order valence-corrected chi connectivity index (χ1v) is 10.7. The number of H-pyrrole nitrogens is 1. The van der Waals surface area contributed by atoms with Crippen molar-refractivity contribution in [2.45, 2.75) is 20.0 Å². The number of nitrogens with zero attached hydrogens (tertiary/aromatic N) is 6. The average Bonchev–Trinajstić information content (AvgIpc) is 3.42. The molecule has 5 aromatic rings. The molecule has 0 fully saturated rings. The molecule has 0 saturated heterocycles. The van der Waals surface area contributed by atoms with Crippen molar-refractivity contribution in [3.63, 3.8) is 0 Å². The fourth-order valence-corrected chi connectivity index (χ4v) is 3.96. The minimum atomic E-state index is 0.635. The number of imidazole rings is 1. The Bertz CT molecular complexity index is 1390. The molecule has 9 heteroatoms. The summed E-state index contributed by atoms with van der Waals surface area (Å²) in [6, 6.07) is 17.8. The van der Waals surface area contributed by atoms with Crippen molar-refractivity contribution in [2.24, 2.45) is 0 Å². The minimum Gasteiger partial charge on any atom is -0.340 e. The first kappa shape index (κ1) is 20.4. The van der Waals surface area contributed by atoms with Gasteiger partial charge in [-0.15, -0.1) is 0 Å². The predicted molar refractivity (Wildman–Crippen MR) is 128 cm³/mol. The number of hydrogen-bond donors (Lipinski definition) is 1. The molecule has 0 radical (unpaired) electrons. The van der Waals surface area contributed by atoms with E-state index in [4.69, 9.17) is 21.6 Å². The van der Waals surface area contributed by atoms with Crippen molar-refractivity contribution in [2.75, 3.05) is 0 Å². The molecule has 0 atom stereocenters. The van der Waals surface area contributed by atoms with E-state index in [-0.39, 0.29) is 0 Å². The van der Waals surface area contributed by atoms with Gasteiger partial charge >= 0.3 is 0 Å². The molecule has 0 spiro atoms. The third kappa shape index (κ3) is 4.15. The van der Waals surface area contributed by atoms with Crippen LogP contribution in [-0.2, 0) is 13.1 Å². The molecule has 5 rings (SSSR count). The summed E-state index contributed by atoms with van der Waals surface area (Å²) >= 11 is 6.34. The van der Waals surface area contributed by atoms with E-state index >= 15 is 0 Å². The molecule has 4 aromatic heterocycles. The van der Waals surface area contributed by atoms with E-state index in [1.807, 2.05) is 67.7 Å². The molecule has 0 unspecified atom stereocenters. The maximum Gasteiger partial charge on any atom is 0.186 e. The van der Waals surface area contributed by atoms with E-state index in [9.17, 15) is 0 Å². The molecule has 0 aliphatic carbocycles. The van der Waals surface area contributed by atoms with Crippen LogP contribution in [0.3, 0.4) is 0 Å². The van der Waals surface area contributed by atoms with Gasteiger partial charge in [0.05, 0.1) is 11.4 Å². The van der Waals surface area contributed by atoms with Gasteiger partial charge in [-0.05, 0) is 42.8 Å². The predicted octanol–water partition coefficient (Wildman–Crippen LogP) is 3.69. The van der Waals surface area contributed by atoms with Gasteiger partial charge in [0, 0.05) is 35.6 Å². The van der Waals surface area contributed by atoms with Crippen LogP contribution in [0.15, 0.2) is 67.1 Å². The maximum absolute atomic E-state index is 6.34. The van der Waals surface area contributed by atoms with Crippen LogP contribution >= 0.6 is 11.6 Å². The molecule has 0 bridgehead atoms. The van der Waals surface area contributed by atoms with Crippen LogP contribution < -0.4 is 0 Å². The number of hydrogen-bond acceptors (Lipinski definition) is 5. The molecule has 0 amide bonds. The Morgan fingerprint density at radius 2 is 1.91 bits per heavy atom. The number of fused-ring (bicyclic) bond motifs is 1. The zero-order valence-corrected chi connectivity index (χ0v) is 18.6. The van der Waals surface area contributed by atoms with Crippen molar-refractivity contribution in [3.8, 4) is 22.6 Å². The van der Waals surface area contributed by atoms with Gasteiger partial charge in [0.15, 0.2) is 13.6 Å². The van der Waals surface area contributed by atoms with Crippen molar-refractivity contribution in [3.05, 3.63) is 89.2 Å². The lowest BCUT2D eigenvalue weighted by atomic mass is 10.1. The second kappa shape index (κ2) is 8.57. The lowest BCUT2D eigenvalue weighted by molar-refractivity contribution is 0.432. The molecular formula is C23H21BClN7. The SMILES string of the molecule is BN(Cc1nc(-c2cccc(C)n2)c(-c2ccc3ncnn3c2)[nH]1)Cc1ccccc1Cl. The number of aromatic amines is 1. The standard InChI is InChI=1S/C23H21BClN7/c1-15-5-4-8-19(28-15)23-22(17-9-10-21-26-14-27-32(21)12-17)29-20(30-23)13-31(24)11-16-6-2-3-7-18(16)25/h2-10,12,14H,11,13,24H2,1H3,(H,29,30). The van der Waals surface area contributed by atoms with E-state index < -0.39 is 0 Å². The molecule has 4 heterocycles. The van der Waals surface area contributed by atoms with Crippen molar-refractivity contribution in [1.29, 1.82) is 0 Å². The Kier molecular flexibility index (Phi) is 5.47. The molecular weight excluding hydrogens is 421 g/mol. The zero-order chi connectivity index (χ0) is 22.1. The summed E-state index contributed by atoms with van der Waals surface area (Å²) in [6.07, 6.45) is 3.50. The molecule has 7 nitrogen and oxygen atoms in total. The molecule has 0 aliphatic heterocycles. The van der Waals surface area contributed by atoms with Crippen LogP contribution in [0.2, 0.25) is 5.02 Å². The van der Waals surface area contributed by atoms with Crippen LogP contribution in [0.5, 0.6) is 0 Å². The summed E-state index contributed by atoms with van der Waals surface area (Å²) in [7, 11) is 2.05. The van der Waals surface area contributed by atoms with Gasteiger partial charge in [0.25, 0.3) is 0 Å². The van der Waals surface area contributed by atoms with Gasteiger partial charge in [0.1, 0.15) is 17.8 Å². The molecule has 32 heavy (non-hydrogen) atoms. The van der Waals surface area contributed by atoms with Crippen LogP contribution in [0.25, 0.3) is 28.3 Å². The summed E-state index contributed by atoms with van der Waals surface area (Å²) in [5.74, 6) is 0.853. The second-order valence-corrected chi connectivity index (χ2v) is 8.22. The first-order chi connectivity index (χ1) is 15.6. The Morgan fingerprint density at radius 1 is 1.03 bits per heavy atom. The van der Waals surface area contributed by atoms with Crippen molar-refractivity contribution >= 4 is 25.2 Å². The number of pyridine rings is 2. The Labute approximate surface area is 191 Å². The number of halogens is 1. The Hall–Kier alpha value is -3.49. The van der Waals surface area contributed by atoms with Gasteiger partial charge in [-0.25, -0.2) is 14.5 Å². The molecule has 1 N–H and O–H groups in total. The van der Waals surface area contributed by atoms with Gasteiger partial charge in [-0.2, -0.15) is 5.10 Å². The van der Waals surface area contributed by atoms with E-state index in [2.05, 4.69) is 27.9 Å². The van der Waals surface area contributed by atoms with Gasteiger partial charge in [-0.1, -0.05) is 35.9 Å². The summed E-state index contributed by atoms with van der Waals surface area (Å²) < 4.78 is 1.76. The van der Waals surface area contributed by atoms with E-state index in [0.29, 0.717) is 6.54 Å². The number of aryl methyl sites for hydroxylation is 1. The highest BCUT2D eigenvalue weighted by atomic mass is 35.5. The molecule has 1 aromatic carbocycles. The summed E-state index contributed by atoms with van der Waals surface area (Å²) in [5.41, 5.74) is 6.34. The number of rotatable bonds is 6. The fourth-order valence-electron chi connectivity index (χ4n) is 3.76. The van der Waals surface area contributed by atoms with Gasteiger partial charge < -0.3 is 9.79 Å². The fraction of sp³-hybridized carbons (Fsp3) is 0.130. The highest BCUT2D eigenvalue weighted by Gasteiger charge is 2.17. The minimum absolute atomic E-state index is 0.635. The Morgan fingerprint density at radius 3 is 2.75 bits per heavy atom. The normalized spacial score (nSPS) is 11.5. The van der Waals surface area contributed by atoms with Crippen LogP contribution in [0, 0.1) is 6.92 Å². The maximum atomic E-state index is 6.34. The average molecular weight is 442 g/mol. The highest BCUT2D eigenvalue weighted by molar-refractivity contribution is 6.31. The molecule has 0 saturated carbocycles. The number of benzene rings is 1. The first-order valence-electron chi connectivity index (χ1n) is 10.3. The summed E-state index contributed by atoms with van der Waals surface area (Å²) in [4.78, 5) is 19.6. The largest absolute Gasteiger partial charge is 0.340 e. The lowest BCUT2D eigenvalue weighted by Gasteiger charge is -2.16. The smallest absolute Gasteiger partial charge is 0.186 e.